The quantitative estimate of drug-likeness (QED) is 0.447. The van der Waals surface area contributed by atoms with E-state index < -0.39 is 9.60 Å². The molecule has 1 rings (SSSR count). The maximum Gasteiger partial charge on any atom is 0.403 e. The van der Waals surface area contributed by atoms with Crippen LogP contribution in [0.3, 0.4) is 0 Å². The van der Waals surface area contributed by atoms with Crippen molar-refractivity contribution in [3.63, 3.8) is 0 Å². The predicted molar refractivity (Wildman–Crippen MR) is 32.0 cm³/mol. The van der Waals surface area contributed by atoms with Gasteiger partial charge in [-0.1, -0.05) is 22.6 Å². The normalized spacial score (nSPS) is 25.5. The molecule has 0 heterocycles. The first-order valence-electron chi connectivity index (χ1n) is 2.21. The van der Waals surface area contributed by atoms with Gasteiger partial charge in [-0.3, -0.25) is 0 Å². The van der Waals surface area contributed by atoms with Crippen molar-refractivity contribution >= 4 is 22.6 Å². The van der Waals surface area contributed by atoms with Gasteiger partial charge in [0.15, 0.2) is 0 Å². The summed E-state index contributed by atoms with van der Waals surface area (Å²) in [6.45, 7) is 0. The molecule has 1 saturated carbocycles. The molecule has 0 amide bonds. The molecule has 0 atom stereocenters. The lowest BCUT2D eigenvalue weighted by atomic mass is 10.4. The van der Waals surface area contributed by atoms with E-state index in [9.17, 15) is 13.2 Å². The van der Waals surface area contributed by atoms with Crippen LogP contribution in [-0.4, -0.2) is 9.60 Å². The number of hydrogen-bond acceptors (Lipinski definition) is 0. The van der Waals surface area contributed by atoms with Crippen LogP contribution in [-0.2, 0) is 0 Å². The van der Waals surface area contributed by atoms with Gasteiger partial charge >= 0.3 is 6.18 Å². The second kappa shape index (κ2) is 1.52. The molecule has 8 heavy (non-hydrogen) atoms. The lowest BCUT2D eigenvalue weighted by Crippen LogP contribution is -2.23. The van der Waals surface area contributed by atoms with Crippen molar-refractivity contribution in [2.75, 3.05) is 0 Å². The summed E-state index contributed by atoms with van der Waals surface area (Å²) in [5, 5.41) is 0. The molecule has 0 aromatic heterocycles. The first-order chi connectivity index (χ1) is 3.46. The molecule has 0 aromatic rings. The average Bonchev–Trinajstić information content (AvgIpc) is 2.16. The van der Waals surface area contributed by atoms with Crippen LogP contribution in [0.4, 0.5) is 13.2 Å². The van der Waals surface area contributed by atoms with E-state index in [2.05, 4.69) is 0 Å². The molecule has 1 aliphatic rings. The molecule has 0 N–H and O–H groups in total. The van der Waals surface area contributed by atoms with Crippen LogP contribution < -0.4 is 0 Å². The summed E-state index contributed by atoms with van der Waals surface area (Å²) in [5.41, 5.74) is 0. The molecule has 4 heteroatoms. The molecular formula is C4H4F3I. The second-order valence-corrected chi connectivity index (χ2v) is 4.03. The summed E-state index contributed by atoms with van der Waals surface area (Å²) in [4.78, 5) is 0. The molecule has 0 bridgehead atoms. The van der Waals surface area contributed by atoms with Crippen LogP contribution in [0.25, 0.3) is 0 Å². The van der Waals surface area contributed by atoms with E-state index in [-0.39, 0.29) is 0 Å². The first kappa shape index (κ1) is 6.64. The van der Waals surface area contributed by atoms with Gasteiger partial charge in [-0.15, -0.1) is 0 Å². The van der Waals surface area contributed by atoms with Crippen LogP contribution in [0.5, 0.6) is 0 Å². The van der Waals surface area contributed by atoms with E-state index in [1.165, 1.54) is 22.6 Å². The molecule has 0 spiro atoms. The Morgan fingerprint density at radius 1 is 1.25 bits per heavy atom. The second-order valence-electron chi connectivity index (χ2n) is 1.96. The number of rotatable bonds is 0. The SMILES string of the molecule is FC(F)(F)C1(I)CC1. The molecule has 48 valence electrons. The molecule has 0 radical (unpaired) electrons. The summed E-state index contributed by atoms with van der Waals surface area (Å²) < 4.78 is 33.5. The van der Waals surface area contributed by atoms with Crippen LogP contribution >= 0.6 is 22.6 Å². The van der Waals surface area contributed by atoms with E-state index in [1.807, 2.05) is 0 Å². The highest BCUT2D eigenvalue weighted by molar-refractivity contribution is 14.1. The third-order valence-corrected chi connectivity index (χ3v) is 2.89. The zero-order valence-electron chi connectivity index (χ0n) is 3.93. The Bertz CT molecular complexity index is 99.1. The summed E-state index contributed by atoms with van der Waals surface area (Å²) in [6.07, 6.45) is -3.36. The van der Waals surface area contributed by atoms with Gasteiger partial charge < -0.3 is 0 Å². The fraction of sp³-hybridized carbons (Fsp3) is 1.00. The van der Waals surface area contributed by atoms with Gasteiger partial charge in [0.1, 0.15) is 3.42 Å². The highest BCUT2D eigenvalue weighted by Crippen LogP contribution is 2.56. The van der Waals surface area contributed by atoms with E-state index in [4.69, 9.17) is 0 Å². The zero-order chi connectivity index (χ0) is 6.41. The fourth-order valence-electron chi connectivity index (χ4n) is 0.393. The Kier molecular flexibility index (Phi) is 1.26. The maximum atomic E-state index is 11.6. The van der Waals surface area contributed by atoms with Gasteiger partial charge in [0.05, 0.1) is 0 Å². The topological polar surface area (TPSA) is 0 Å². The molecule has 0 aromatic carbocycles. The fourth-order valence-corrected chi connectivity index (χ4v) is 0.663. The molecular weight excluding hydrogens is 232 g/mol. The number of hydrogen-bond donors (Lipinski definition) is 0. The van der Waals surface area contributed by atoms with Gasteiger partial charge in [0.25, 0.3) is 0 Å². The van der Waals surface area contributed by atoms with Crippen molar-refractivity contribution < 1.29 is 13.2 Å². The van der Waals surface area contributed by atoms with Crippen molar-refractivity contribution in [2.24, 2.45) is 0 Å². The van der Waals surface area contributed by atoms with Crippen molar-refractivity contribution in [3.05, 3.63) is 0 Å². The van der Waals surface area contributed by atoms with Crippen molar-refractivity contribution in [2.45, 2.75) is 22.4 Å². The van der Waals surface area contributed by atoms with E-state index >= 15 is 0 Å². The molecule has 1 aliphatic carbocycles. The van der Waals surface area contributed by atoms with Gasteiger partial charge in [-0.2, -0.15) is 13.2 Å². The van der Waals surface area contributed by atoms with E-state index in [0.717, 1.165) is 0 Å². The van der Waals surface area contributed by atoms with Crippen LogP contribution in [0.2, 0.25) is 0 Å². The predicted octanol–water partition coefficient (Wildman–Crippen LogP) is 2.52. The van der Waals surface area contributed by atoms with Crippen molar-refractivity contribution in [1.82, 2.24) is 0 Å². The number of halogens is 4. The highest BCUT2D eigenvalue weighted by atomic mass is 127. The lowest BCUT2D eigenvalue weighted by Gasteiger charge is -2.09. The van der Waals surface area contributed by atoms with Crippen LogP contribution in [0.1, 0.15) is 12.8 Å². The third kappa shape index (κ3) is 0.942. The highest BCUT2D eigenvalue weighted by Gasteiger charge is 2.61. The Balaban J connectivity index is 2.58. The molecule has 0 aliphatic heterocycles. The molecule has 0 unspecified atom stereocenters. The summed E-state index contributed by atoms with van der Waals surface area (Å²) in [5.74, 6) is 0. The molecule has 1 fully saturated rings. The molecule has 0 saturated heterocycles. The Morgan fingerprint density at radius 3 is 1.62 bits per heavy atom. The minimum absolute atomic E-state index is 0.303. The third-order valence-electron chi connectivity index (χ3n) is 1.20. The summed E-state index contributed by atoms with van der Waals surface area (Å²) >= 11 is 1.47. The Labute approximate surface area is 58.6 Å². The number of alkyl halides is 4. The van der Waals surface area contributed by atoms with Gasteiger partial charge in [0.2, 0.25) is 0 Å². The monoisotopic (exact) mass is 236 g/mol. The Hall–Kier alpha value is 0.520. The van der Waals surface area contributed by atoms with Crippen molar-refractivity contribution in [1.29, 1.82) is 0 Å². The van der Waals surface area contributed by atoms with E-state index in [1.54, 1.807) is 0 Å². The smallest absolute Gasteiger partial charge is 0.170 e. The average molecular weight is 236 g/mol. The van der Waals surface area contributed by atoms with E-state index in [0.29, 0.717) is 12.8 Å². The van der Waals surface area contributed by atoms with Crippen LogP contribution in [0.15, 0.2) is 0 Å². The standard InChI is InChI=1S/C4H4F3I/c5-4(6,7)3(8)1-2-3/h1-2H2. The van der Waals surface area contributed by atoms with Crippen LogP contribution in [0, 0.1) is 0 Å². The largest absolute Gasteiger partial charge is 0.403 e. The minimum Gasteiger partial charge on any atom is -0.170 e. The summed E-state index contributed by atoms with van der Waals surface area (Å²) in [6, 6.07) is 0. The zero-order valence-corrected chi connectivity index (χ0v) is 6.08. The van der Waals surface area contributed by atoms with Crippen molar-refractivity contribution in [3.8, 4) is 0 Å². The maximum absolute atomic E-state index is 11.6. The Morgan fingerprint density at radius 2 is 1.62 bits per heavy atom. The lowest BCUT2D eigenvalue weighted by molar-refractivity contribution is -0.131. The van der Waals surface area contributed by atoms with Gasteiger partial charge in [-0.25, -0.2) is 0 Å². The minimum atomic E-state index is -3.96. The van der Waals surface area contributed by atoms with Gasteiger partial charge in [-0.05, 0) is 12.8 Å². The first-order valence-corrected chi connectivity index (χ1v) is 3.29. The molecule has 0 nitrogen and oxygen atoms in total. The van der Waals surface area contributed by atoms with Gasteiger partial charge in [0, 0.05) is 0 Å². The summed E-state index contributed by atoms with van der Waals surface area (Å²) in [7, 11) is 0.